The van der Waals surface area contributed by atoms with Crippen molar-refractivity contribution in [2.24, 2.45) is 0 Å². The highest BCUT2D eigenvalue weighted by Gasteiger charge is 2.23. The van der Waals surface area contributed by atoms with Crippen molar-refractivity contribution in [1.82, 2.24) is 4.90 Å². The maximum Gasteiger partial charge on any atom is 0.254 e. The van der Waals surface area contributed by atoms with Gasteiger partial charge < -0.3 is 19.1 Å². The number of benzene rings is 1. The van der Waals surface area contributed by atoms with Crippen molar-refractivity contribution in [2.45, 2.75) is 13.0 Å². The average molecular weight is 291 g/mol. The summed E-state index contributed by atoms with van der Waals surface area (Å²) in [5.74, 6) is 1.13. The summed E-state index contributed by atoms with van der Waals surface area (Å²) < 4.78 is 16.2. The zero-order valence-corrected chi connectivity index (χ0v) is 12.5. The van der Waals surface area contributed by atoms with E-state index in [2.05, 4.69) is 6.58 Å². The smallest absolute Gasteiger partial charge is 0.254 e. The molecule has 1 aromatic rings. The van der Waals surface area contributed by atoms with Gasteiger partial charge in [-0.1, -0.05) is 12.7 Å². The normalized spacial score (nSPS) is 18.2. The number of morpholine rings is 1. The van der Waals surface area contributed by atoms with E-state index in [9.17, 15) is 4.79 Å². The quantitative estimate of drug-likeness (QED) is 0.780. The minimum Gasteiger partial charge on any atom is -0.493 e. The molecule has 114 valence electrons. The summed E-state index contributed by atoms with van der Waals surface area (Å²) >= 11 is 0. The zero-order chi connectivity index (χ0) is 15.2. The lowest BCUT2D eigenvalue weighted by atomic mass is 10.1. The molecule has 0 saturated carbocycles. The lowest BCUT2D eigenvalue weighted by Crippen LogP contribution is -2.44. The van der Waals surface area contributed by atoms with Gasteiger partial charge in [0.15, 0.2) is 11.5 Å². The van der Waals surface area contributed by atoms with Gasteiger partial charge in [-0.2, -0.15) is 0 Å². The molecule has 5 heteroatoms. The summed E-state index contributed by atoms with van der Waals surface area (Å²) in [7, 11) is 1.56. The van der Waals surface area contributed by atoms with Gasteiger partial charge in [0.05, 0.1) is 19.8 Å². The first kappa shape index (κ1) is 15.4. The van der Waals surface area contributed by atoms with Crippen molar-refractivity contribution >= 4 is 5.91 Å². The van der Waals surface area contributed by atoms with Gasteiger partial charge >= 0.3 is 0 Å². The molecular formula is C16H21NO4. The number of carbonyl (C=O) groups is 1. The Balaban J connectivity index is 2.15. The first-order valence-corrected chi connectivity index (χ1v) is 6.98. The molecule has 5 nitrogen and oxygen atoms in total. The predicted molar refractivity (Wildman–Crippen MR) is 80.0 cm³/mol. The highest BCUT2D eigenvalue weighted by Crippen LogP contribution is 2.28. The lowest BCUT2D eigenvalue weighted by Gasteiger charge is -2.31. The van der Waals surface area contributed by atoms with Crippen LogP contribution in [0.4, 0.5) is 0 Å². The summed E-state index contributed by atoms with van der Waals surface area (Å²) in [5.41, 5.74) is 0.590. The Morgan fingerprint density at radius 3 is 3.00 bits per heavy atom. The number of nitrogens with zero attached hydrogens (tertiary/aromatic N) is 1. The number of ether oxygens (including phenoxy) is 3. The van der Waals surface area contributed by atoms with Gasteiger partial charge in [0.2, 0.25) is 0 Å². The molecule has 1 aliphatic rings. The fraction of sp³-hybridized carbons (Fsp3) is 0.438. The standard InChI is InChI=1S/C16H21NO4/c1-4-8-21-14-6-5-13(10-15(14)19-3)16(18)17-7-9-20-12(2)11-17/h4-6,10,12H,1,7-9,11H2,2-3H3/t12-/m1/s1. The zero-order valence-electron chi connectivity index (χ0n) is 12.5. The number of hydrogen-bond donors (Lipinski definition) is 0. The Morgan fingerprint density at radius 2 is 2.33 bits per heavy atom. The second kappa shape index (κ2) is 7.13. The summed E-state index contributed by atoms with van der Waals surface area (Å²) in [6, 6.07) is 5.21. The number of hydrogen-bond acceptors (Lipinski definition) is 4. The molecule has 0 N–H and O–H groups in total. The summed E-state index contributed by atoms with van der Waals surface area (Å²) in [5, 5.41) is 0. The van der Waals surface area contributed by atoms with Gasteiger partial charge in [-0.25, -0.2) is 0 Å². The molecule has 1 aromatic carbocycles. The summed E-state index contributed by atoms with van der Waals surface area (Å²) in [4.78, 5) is 14.3. The van der Waals surface area contributed by atoms with E-state index in [4.69, 9.17) is 14.2 Å². The molecular weight excluding hydrogens is 270 g/mol. The third-order valence-electron chi connectivity index (χ3n) is 3.30. The van der Waals surface area contributed by atoms with E-state index in [1.54, 1.807) is 36.3 Å². The van der Waals surface area contributed by atoms with E-state index in [1.165, 1.54) is 0 Å². The van der Waals surface area contributed by atoms with Crippen molar-refractivity contribution in [3.05, 3.63) is 36.4 Å². The topological polar surface area (TPSA) is 48.0 Å². The van der Waals surface area contributed by atoms with Gasteiger partial charge in [0.25, 0.3) is 5.91 Å². The van der Waals surface area contributed by atoms with Crippen LogP contribution in [0.25, 0.3) is 0 Å². The molecule has 1 aliphatic heterocycles. The molecule has 21 heavy (non-hydrogen) atoms. The largest absolute Gasteiger partial charge is 0.493 e. The van der Waals surface area contributed by atoms with Crippen LogP contribution < -0.4 is 9.47 Å². The minimum absolute atomic E-state index is 0.0151. The SMILES string of the molecule is C=CCOc1ccc(C(=O)N2CCO[C@H](C)C2)cc1OC. The number of amides is 1. The van der Waals surface area contributed by atoms with Crippen molar-refractivity contribution in [3.63, 3.8) is 0 Å². The van der Waals surface area contributed by atoms with Crippen LogP contribution in [0.15, 0.2) is 30.9 Å². The highest BCUT2D eigenvalue weighted by molar-refractivity contribution is 5.95. The van der Waals surface area contributed by atoms with E-state index in [1.807, 2.05) is 6.92 Å². The molecule has 1 saturated heterocycles. The molecule has 1 amide bonds. The van der Waals surface area contributed by atoms with Gasteiger partial charge in [-0.3, -0.25) is 4.79 Å². The molecule has 1 fully saturated rings. The molecule has 0 radical (unpaired) electrons. The van der Waals surface area contributed by atoms with Crippen LogP contribution >= 0.6 is 0 Å². The van der Waals surface area contributed by atoms with Gasteiger partial charge in [0.1, 0.15) is 6.61 Å². The number of carbonyl (C=O) groups excluding carboxylic acids is 1. The lowest BCUT2D eigenvalue weighted by molar-refractivity contribution is -0.0124. The van der Waals surface area contributed by atoms with Crippen molar-refractivity contribution in [1.29, 1.82) is 0 Å². The molecule has 0 aromatic heterocycles. The van der Waals surface area contributed by atoms with Gasteiger partial charge in [0, 0.05) is 18.7 Å². The first-order valence-electron chi connectivity index (χ1n) is 6.98. The van der Waals surface area contributed by atoms with Crippen LogP contribution in [-0.4, -0.2) is 50.3 Å². The Morgan fingerprint density at radius 1 is 1.52 bits per heavy atom. The fourth-order valence-electron chi connectivity index (χ4n) is 2.25. The second-order valence-electron chi connectivity index (χ2n) is 4.90. The Hall–Kier alpha value is -2.01. The van der Waals surface area contributed by atoms with E-state index >= 15 is 0 Å². The third-order valence-corrected chi connectivity index (χ3v) is 3.30. The van der Waals surface area contributed by atoms with Gasteiger partial charge in [-0.15, -0.1) is 0 Å². The monoisotopic (exact) mass is 291 g/mol. The van der Waals surface area contributed by atoms with Crippen LogP contribution in [0.3, 0.4) is 0 Å². The second-order valence-corrected chi connectivity index (χ2v) is 4.90. The maximum atomic E-state index is 12.5. The maximum absolute atomic E-state index is 12.5. The molecule has 0 aliphatic carbocycles. The summed E-state index contributed by atoms with van der Waals surface area (Å²) in [6.45, 7) is 7.76. The molecule has 1 atom stereocenters. The van der Waals surface area contributed by atoms with Crippen LogP contribution in [0.5, 0.6) is 11.5 Å². The number of methoxy groups -OCH3 is 1. The number of rotatable bonds is 5. The predicted octanol–water partition coefficient (Wildman–Crippen LogP) is 2.12. The highest BCUT2D eigenvalue weighted by atomic mass is 16.5. The average Bonchev–Trinajstić information content (AvgIpc) is 2.52. The van der Waals surface area contributed by atoms with E-state index in [-0.39, 0.29) is 12.0 Å². The minimum atomic E-state index is -0.0151. The van der Waals surface area contributed by atoms with E-state index in [0.717, 1.165) is 0 Å². The Kier molecular flexibility index (Phi) is 5.22. The molecule has 0 spiro atoms. The van der Waals surface area contributed by atoms with Crippen LogP contribution in [0.1, 0.15) is 17.3 Å². The van der Waals surface area contributed by atoms with Crippen molar-refractivity contribution < 1.29 is 19.0 Å². The van der Waals surface area contributed by atoms with Crippen molar-refractivity contribution in [2.75, 3.05) is 33.4 Å². The van der Waals surface area contributed by atoms with Crippen LogP contribution in [0, 0.1) is 0 Å². The van der Waals surface area contributed by atoms with Gasteiger partial charge in [-0.05, 0) is 25.1 Å². The Bertz CT molecular complexity index is 515. The first-order chi connectivity index (χ1) is 10.2. The molecule has 2 rings (SSSR count). The van der Waals surface area contributed by atoms with E-state index in [0.29, 0.717) is 43.4 Å². The molecule has 0 unspecified atom stereocenters. The van der Waals surface area contributed by atoms with Crippen LogP contribution in [0.2, 0.25) is 0 Å². The van der Waals surface area contributed by atoms with E-state index < -0.39 is 0 Å². The van der Waals surface area contributed by atoms with Crippen LogP contribution in [-0.2, 0) is 4.74 Å². The third kappa shape index (κ3) is 3.76. The molecule has 1 heterocycles. The summed E-state index contributed by atoms with van der Waals surface area (Å²) in [6.07, 6.45) is 1.73. The Labute approximate surface area is 125 Å². The van der Waals surface area contributed by atoms with Crippen molar-refractivity contribution in [3.8, 4) is 11.5 Å². The molecule has 0 bridgehead atoms. The fourth-order valence-corrected chi connectivity index (χ4v) is 2.25.